The van der Waals surface area contributed by atoms with Gasteiger partial charge in [-0.2, -0.15) is 0 Å². The summed E-state index contributed by atoms with van der Waals surface area (Å²) < 4.78 is 7.24. The highest BCUT2D eigenvalue weighted by Crippen LogP contribution is 2.31. The molecule has 6 nitrogen and oxygen atoms in total. The Morgan fingerprint density at radius 3 is 3.00 bits per heavy atom. The van der Waals surface area contributed by atoms with Gasteiger partial charge in [0.25, 0.3) is 0 Å². The molecule has 1 amide bonds. The van der Waals surface area contributed by atoms with Gasteiger partial charge in [0.15, 0.2) is 0 Å². The molecular formula is C17H16N4O2. The number of aromatic nitrogens is 3. The molecule has 3 aromatic rings. The number of nitrogens with one attached hydrogen (secondary N) is 1. The van der Waals surface area contributed by atoms with E-state index in [-0.39, 0.29) is 18.5 Å². The van der Waals surface area contributed by atoms with Crippen molar-refractivity contribution >= 4 is 16.9 Å². The maximum absolute atomic E-state index is 12.4. The summed E-state index contributed by atoms with van der Waals surface area (Å²) in [6.45, 7) is 0.758. The average molecular weight is 308 g/mol. The lowest BCUT2D eigenvalue weighted by Gasteiger charge is -2.26. The number of rotatable bonds is 3. The third kappa shape index (κ3) is 2.63. The first-order valence-electron chi connectivity index (χ1n) is 7.60. The molecule has 116 valence electrons. The first kappa shape index (κ1) is 13.8. The summed E-state index contributed by atoms with van der Waals surface area (Å²) in [7, 11) is 0. The molecule has 23 heavy (non-hydrogen) atoms. The third-order valence-corrected chi connectivity index (χ3v) is 4.01. The molecule has 1 atom stereocenters. The van der Waals surface area contributed by atoms with Crippen LogP contribution in [-0.2, 0) is 11.3 Å². The average Bonchev–Trinajstić information content (AvgIpc) is 2.98. The van der Waals surface area contributed by atoms with Crippen LogP contribution in [-0.4, -0.2) is 27.5 Å². The predicted octanol–water partition coefficient (Wildman–Crippen LogP) is 2.07. The fourth-order valence-corrected chi connectivity index (χ4v) is 2.90. The van der Waals surface area contributed by atoms with E-state index in [0.717, 1.165) is 28.8 Å². The molecule has 4 rings (SSSR count). The van der Waals surface area contributed by atoms with Crippen molar-refractivity contribution < 1.29 is 9.53 Å². The van der Waals surface area contributed by atoms with Crippen molar-refractivity contribution in [1.29, 1.82) is 0 Å². The van der Waals surface area contributed by atoms with E-state index in [4.69, 9.17) is 4.74 Å². The van der Waals surface area contributed by atoms with Gasteiger partial charge in [0.1, 0.15) is 17.8 Å². The number of amides is 1. The van der Waals surface area contributed by atoms with Gasteiger partial charge in [0, 0.05) is 12.0 Å². The maximum Gasteiger partial charge on any atom is 0.242 e. The summed E-state index contributed by atoms with van der Waals surface area (Å²) in [4.78, 5) is 12.4. The molecule has 0 spiro atoms. The second kappa shape index (κ2) is 5.72. The third-order valence-electron chi connectivity index (χ3n) is 4.01. The number of carbonyl (C=O) groups excluding carboxylic acids is 1. The monoisotopic (exact) mass is 308 g/mol. The van der Waals surface area contributed by atoms with E-state index in [1.165, 1.54) is 0 Å². The molecule has 0 saturated heterocycles. The zero-order chi connectivity index (χ0) is 15.6. The fraction of sp³-hybridized carbons (Fsp3) is 0.235. The Bertz CT molecular complexity index is 858. The number of fused-ring (bicyclic) bond motifs is 2. The van der Waals surface area contributed by atoms with Gasteiger partial charge in [-0.3, -0.25) is 4.79 Å². The van der Waals surface area contributed by atoms with E-state index < -0.39 is 0 Å². The van der Waals surface area contributed by atoms with Crippen LogP contribution >= 0.6 is 0 Å². The molecule has 1 unspecified atom stereocenters. The summed E-state index contributed by atoms with van der Waals surface area (Å²) in [6, 6.07) is 15.4. The number of hydrogen-bond donors (Lipinski definition) is 1. The van der Waals surface area contributed by atoms with Crippen LogP contribution in [0.4, 0.5) is 0 Å². The molecule has 6 heteroatoms. The molecule has 0 saturated carbocycles. The highest BCUT2D eigenvalue weighted by Gasteiger charge is 2.22. The van der Waals surface area contributed by atoms with E-state index >= 15 is 0 Å². The second-order valence-corrected chi connectivity index (χ2v) is 5.53. The van der Waals surface area contributed by atoms with Crippen molar-refractivity contribution in [3.63, 3.8) is 0 Å². The molecular weight excluding hydrogens is 292 g/mol. The largest absolute Gasteiger partial charge is 0.493 e. The summed E-state index contributed by atoms with van der Waals surface area (Å²) in [5.41, 5.74) is 2.67. The molecule has 2 aromatic carbocycles. The molecule has 0 fully saturated rings. The predicted molar refractivity (Wildman–Crippen MR) is 85.0 cm³/mol. The molecule has 0 bridgehead atoms. The summed E-state index contributed by atoms with van der Waals surface area (Å²) >= 11 is 0. The number of benzene rings is 2. The van der Waals surface area contributed by atoms with Crippen LogP contribution in [0.2, 0.25) is 0 Å². The fourth-order valence-electron chi connectivity index (χ4n) is 2.90. The van der Waals surface area contributed by atoms with Crippen molar-refractivity contribution in [3.05, 3.63) is 54.1 Å². The Morgan fingerprint density at radius 2 is 2.04 bits per heavy atom. The molecule has 0 aliphatic carbocycles. The van der Waals surface area contributed by atoms with Crippen molar-refractivity contribution in [3.8, 4) is 5.75 Å². The Balaban J connectivity index is 1.51. The van der Waals surface area contributed by atoms with Gasteiger partial charge in [-0.1, -0.05) is 35.5 Å². The Hall–Kier alpha value is -2.89. The van der Waals surface area contributed by atoms with Crippen LogP contribution in [0.5, 0.6) is 5.75 Å². The number of para-hydroxylation sites is 2. The van der Waals surface area contributed by atoms with Crippen LogP contribution in [0.3, 0.4) is 0 Å². The van der Waals surface area contributed by atoms with Crippen molar-refractivity contribution in [2.24, 2.45) is 0 Å². The normalized spacial score (nSPS) is 16.6. The maximum atomic E-state index is 12.4. The van der Waals surface area contributed by atoms with Gasteiger partial charge in [-0.25, -0.2) is 4.68 Å². The summed E-state index contributed by atoms with van der Waals surface area (Å²) in [5, 5.41) is 11.2. The first-order chi connectivity index (χ1) is 11.3. The number of hydrogen-bond acceptors (Lipinski definition) is 4. The van der Waals surface area contributed by atoms with E-state index in [2.05, 4.69) is 15.6 Å². The highest BCUT2D eigenvalue weighted by molar-refractivity contribution is 5.80. The van der Waals surface area contributed by atoms with E-state index in [1.807, 2.05) is 48.5 Å². The molecule has 2 heterocycles. The van der Waals surface area contributed by atoms with Gasteiger partial charge in [0.2, 0.25) is 5.91 Å². The number of carbonyl (C=O) groups is 1. The van der Waals surface area contributed by atoms with E-state index in [0.29, 0.717) is 6.61 Å². The first-order valence-corrected chi connectivity index (χ1v) is 7.60. The van der Waals surface area contributed by atoms with Crippen molar-refractivity contribution in [1.82, 2.24) is 20.3 Å². The quantitative estimate of drug-likeness (QED) is 0.804. The Labute approximate surface area is 133 Å². The lowest BCUT2D eigenvalue weighted by Crippen LogP contribution is -2.34. The minimum atomic E-state index is -0.0812. The van der Waals surface area contributed by atoms with Crippen LogP contribution in [0.25, 0.3) is 11.0 Å². The zero-order valence-corrected chi connectivity index (χ0v) is 12.5. The minimum Gasteiger partial charge on any atom is -0.493 e. The van der Waals surface area contributed by atoms with E-state index in [9.17, 15) is 4.79 Å². The summed E-state index contributed by atoms with van der Waals surface area (Å²) in [6.07, 6.45) is 0.765. The van der Waals surface area contributed by atoms with Crippen LogP contribution in [0, 0.1) is 0 Å². The van der Waals surface area contributed by atoms with Crippen LogP contribution in [0.15, 0.2) is 48.5 Å². The molecule has 1 aliphatic heterocycles. The topological polar surface area (TPSA) is 69.0 Å². The lowest BCUT2D eigenvalue weighted by atomic mass is 10.0. The van der Waals surface area contributed by atoms with Crippen LogP contribution in [0.1, 0.15) is 18.0 Å². The highest BCUT2D eigenvalue weighted by atomic mass is 16.5. The number of ether oxygens (including phenoxy) is 1. The van der Waals surface area contributed by atoms with Crippen LogP contribution < -0.4 is 10.1 Å². The smallest absolute Gasteiger partial charge is 0.242 e. The second-order valence-electron chi connectivity index (χ2n) is 5.53. The zero-order valence-electron chi connectivity index (χ0n) is 12.5. The summed E-state index contributed by atoms with van der Waals surface area (Å²) in [5.74, 6) is 0.762. The molecule has 1 aromatic heterocycles. The molecule has 0 radical (unpaired) electrons. The van der Waals surface area contributed by atoms with Crippen molar-refractivity contribution in [2.75, 3.05) is 6.61 Å². The number of nitrogens with zero attached hydrogens (tertiary/aromatic N) is 3. The van der Waals surface area contributed by atoms with Gasteiger partial charge in [-0.15, -0.1) is 5.10 Å². The van der Waals surface area contributed by atoms with Crippen molar-refractivity contribution in [2.45, 2.75) is 19.0 Å². The molecule has 1 N–H and O–H groups in total. The van der Waals surface area contributed by atoms with Gasteiger partial charge < -0.3 is 10.1 Å². The van der Waals surface area contributed by atoms with E-state index in [1.54, 1.807) is 4.68 Å². The Morgan fingerprint density at radius 1 is 1.22 bits per heavy atom. The lowest BCUT2D eigenvalue weighted by molar-refractivity contribution is -0.122. The standard InChI is InChI=1S/C17H16N4O2/c22-17(11-21-15-7-3-2-6-14(15)19-20-21)18-13-9-10-23-16-8-4-1-5-12(13)16/h1-8,13H,9-11H2,(H,18,22). The Kier molecular flexibility index (Phi) is 3.42. The minimum absolute atomic E-state index is 0.0257. The van der Waals surface area contributed by atoms with Gasteiger partial charge in [-0.05, 0) is 18.2 Å². The van der Waals surface area contributed by atoms with Gasteiger partial charge >= 0.3 is 0 Å². The molecule has 1 aliphatic rings. The van der Waals surface area contributed by atoms with Gasteiger partial charge in [0.05, 0.1) is 18.2 Å². The SMILES string of the molecule is O=C(Cn1nnc2ccccc21)NC1CCOc2ccccc21.